The minimum atomic E-state index is -0.117. The molecule has 6 heteroatoms. The van der Waals surface area contributed by atoms with Crippen LogP contribution < -0.4 is 15.5 Å². The van der Waals surface area contributed by atoms with Gasteiger partial charge in [-0.25, -0.2) is 0 Å². The van der Waals surface area contributed by atoms with Crippen LogP contribution in [0.25, 0.3) is 0 Å². The Labute approximate surface area is 157 Å². The van der Waals surface area contributed by atoms with E-state index >= 15 is 0 Å². The summed E-state index contributed by atoms with van der Waals surface area (Å²) in [6, 6.07) is 11.0. The van der Waals surface area contributed by atoms with Crippen molar-refractivity contribution in [1.29, 1.82) is 0 Å². The van der Waals surface area contributed by atoms with Crippen LogP contribution >= 0.6 is 0 Å². The molecule has 1 aliphatic rings. The summed E-state index contributed by atoms with van der Waals surface area (Å²) in [7, 11) is 3.25. The number of para-hydroxylation sites is 1. The van der Waals surface area contributed by atoms with Gasteiger partial charge in [-0.2, -0.15) is 0 Å². The van der Waals surface area contributed by atoms with E-state index in [0.29, 0.717) is 12.5 Å². The highest BCUT2D eigenvalue weighted by Crippen LogP contribution is 2.19. The third-order valence-electron chi connectivity index (χ3n) is 4.70. The number of hydrogen-bond acceptors (Lipinski definition) is 4. The fourth-order valence-corrected chi connectivity index (χ4v) is 3.20. The lowest BCUT2D eigenvalue weighted by Crippen LogP contribution is -2.44. The summed E-state index contributed by atoms with van der Waals surface area (Å²) >= 11 is 0. The van der Waals surface area contributed by atoms with Crippen molar-refractivity contribution < 1.29 is 9.53 Å². The fraction of sp³-hybridized carbons (Fsp3) is 0.600. The maximum Gasteiger partial charge on any atom is 0.305 e. The Morgan fingerprint density at radius 3 is 2.73 bits per heavy atom. The van der Waals surface area contributed by atoms with Gasteiger partial charge in [0.15, 0.2) is 5.96 Å². The SMILES string of the molecule is CN=C(NCCCCCCC(=O)OC)NC1CCN(c2ccccc2)C1. The third-order valence-corrected chi connectivity index (χ3v) is 4.70. The van der Waals surface area contributed by atoms with E-state index in [1.807, 2.05) is 7.05 Å². The number of esters is 1. The highest BCUT2D eigenvalue weighted by Gasteiger charge is 2.23. The van der Waals surface area contributed by atoms with Gasteiger partial charge in [-0.3, -0.25) is 9.79 Å². The molecule has 2 rings (SSSR count). The van der Waals surface area contributed by atoms with E-state index in [-0.39, 0.29) is 5.97 Å². The van der Waals surface area contributed by atoms with Crippen molar-refractivity contribution in [2.75, 3.05) is 38.7 Å². The number of carbonyl (C=O) groups excluding carboxylic acids is 1. The third kappa shape index (κ3) is 6.94. The lowest BCUT2D eigenvalue weighted by Gasteiger charge is -2.20. The van der Waals surface area contributed by atoms with Crippen LogP contribution in [-0.4, -0.2) is 51.8 Å². The smallest absolute Gasteiger partial charge is 0.305 e. The van der Waals surface area contributed by atoms with Gasteiger partial charge >= 0.3 is 5.97 Å². The van der Waals surface area contributed by atoms with Crippen molar-refractivity contribution in [1.82, 2.24) is 10.6 Å². The number of aliphatic imine (C=N–C) groups is 1. The maximum absolute atomic E-state index is 11.0. The summed E-state index contributed by atoms with van der Waals surface area (Å²) < 4.78 is 4.64. The number of anilines is 1. The van der Waals surface area contributed by atoms with Crippen molar-refractivity contribution >= 4 is 17.6 Å². The summed E-state index contributed by atoms with van der Waals surface area (Å²) in [4.78, 5) is 17.8. The second kappa shape index (κ2) is 11.4. The first-order valence-electron chi connectivity index (χ1n) is 9.57. The van der Waals surface area contributed by atoms with Gasteiger partial charge in [0.25, 0.3) is 0 Å². The molecule has 1 aromatic rings. The largest absolute Gasteiger partial charge is 0.469 e. The summed E-state index contributed by atoms with van der Waals surface area (Å²) in [6.45, 7) is 2.96. The number of nitrogens with zero attached hydrogens (tertiary/aromatic N) is 2. The van der Waals surface area contributed by atoms with Gasteiger partial charge in [0, 0.05) is 44.8 Å². The van der Waals surface area contributed by atoms with E-state index < -0.39 is 0 Å². The molecule has 0 saturated carbocycles. The van der Waals surface area contributed by atoms with E-state index in [9.17, 15) is 4.79 Å². The van der Waals surface area contributed by atoms with Crippen molar-refractivity contribution in [2.24, 2.45) is 4.99 Å². The number of nitrogens with one attached hydrogen (secondary N) is 2. The molecule has 1 saturated heterocycles. The molecular weight excluding hydrogens is 328 g/mol. The molecule has 0 bridgehead atoms. The van der Waals surface area contributed by atoms with Crippen LogP contribution in [-0.2, 0) is 9.53 Å². The molecule has 26 heavy (non-hydrogen) atoms. The Balaban J connectivity index is 1.59. The topological polar surface area (TPSA) is 66.0 Å². The van der Waals surface area contributed by atoms with Gasteiger partial charge < -0.3 is 20.3 Å². The monoisotopic (exact) mass is 360 g/mol. The molecule has 1 aromatic carbocycles. The molecule has 0 aliphatic carbocycles. The second-order valence-corrected chi connectivity index (χ2v) is 6.65. The summed E-state index contributed by atoms with van der Waals surface area (Å²) in [5, 5.41) is 6.92. The van der Waals surface area contributed by atoms with Crippen molar-refractivity contribution in [2.45, 2.75) is 44.6 Å². The van der Waals surface area contributed by atoms with Crippen molar-refractivity contribution in [3.63, 3.8) is 0 Å². The molecule has 1 heterocycles. The maximum atomic E-state index is 11.0. The Kier molecular flexibility index (Phi) is 8.79. The molecule has 0 aromatic heterocycles. The Morgan fingerprint density at radius 2 is 2.00 bits per heavy atom. The van der Waals surface area contributed by atoms with E-state index in [4.69, 9.17) is 0 Å². The van der Waals surface area contributed by atoms with Crippen LogP contribution in [0.4, 0.5) is 5.69 Å². The number of rotatable bonds is 9. The number of unbranched alkanes of at least 4 members (excludes halogenated alkanes) is 3. The minimum absolute atomic E-state index is 0.117. The first-order valence-corrected chi connectivity index (χ1v) is 9.57. The second-order valence-electron chi connectivity index (χ2n) is 6.65. The number of guanidine groups is 1. The van der Waals surface area contributed by atoms with E-state index in [2.05, 4.69) is 55.6 Å². The molecule has 1 aliphatic heterocycles. The molecule has 6 nitrogen and oxygen atoms in total. The average Bonchev–Trinajstić information content (AvgIpc) is 3.15. The van der Waals surface area contributed by atoms with Gasteiger partial charge in [0.1, 0.15) is 0 Å². The molecule has 144 valence electrons. The van der Waals surface area contributed by atoms with Crippen molar-refractivity contribution in [3.05, 3.63) is 30.3 Å². The van der Waals surface area contributed by atoms with Gasteiger partial charge in [0.2, 0.25) is 0 Å². The molecule has 1 unspecified atom stereocenters. The number of carbonyl (C=O) groups is 1. The molecule has 0 amide bonds. The predicted molar refractivity (Wildman–Crippen MR) is 107 cm³/mol. The zero-order chi connectivity index (χ0) is 18.6. The Morgan fingerprint density at radius 1 is 1.23 bits per heavy atom. The minimum Gasteiger partial charge on any atom is -0.469 e. The number of hydrogen-bond donors (Lipinski definition) is 2. The summed E-state index contributed by atoms with van der Waals surface area (Å²) in [5.74, 6) is 0.758. The molecule has 1 fully saturated rings. The zero-order valence-corrected chi connectivity index (χ0v) is 16.0. The number of benzene rings is 1. The Bertz CT molecular complexity index is 562. The van der Waals surface area contributed by atoms with E-state index in [1.54, 1.807) is 0 Å². The van der Waals surface area contributed by atoms with Crippen LogP contribution in [0.2, 0.25) is 0 Å². The van der Waals surface area contributed by atoms with Gasteiger partial charge in [-0.15, -0.1) is 0 Å². The first kappa shape index (κ1) is 20.1. The Hall–Kier alpha value is -2.24. The van der Waals surface area contributed by atoms with E-state index in [0.717, 1.165) is 57.7 Å². The molecule has 0 spiro atoms. The normalized spacial score (nSPS) is 17.2. The standard InChI is InChI=1S/C20H32N4O2/c1-21-20(22-14-9-4-3-8-12-19(25)26-2)23-17-13-15-24(16-17)18-10-6-5-7-11-18/h5-7,10-11,17H,3-4,8-9,12-16H2,1-2H3,(H2,21,22,23). The predicted octanol–water partition coefficient (Wildman–Crippen LogP) is 2.55. The molecular formula is C20H32N4O2. The molecule has 1 atom stereocenters. The lowest BCUT2D eigenvalue weighted by molar-refractivity contribution is -0.140. The molecule has 2 N–H and O–H groups in total. The van der Waals surface area contributed by atoms with Gasteiger partial charge in [0.05, 0.1) is 7.11 Å². The lowest BCUT2D eigenvalue weighted by atomic mass is 10.1. The highest BCUT2D eigenvalue weighted by atomic mass is 16.5. The first-order chi connectivity index (χ1) is 12.7. The zero-order valence-electron chi connectivity index (χ0n) is 16.0. The summed E-state index contributed by atoms with van der Waals surface area (Å²) in [5.41, 5.74) is 1.28. The fourth-order valence-electron chi connectivity index (χ4n) is 3.20. The van der Waals surface area contributed by atoms with Crippen LogP contribution in [0.15, 0.2) is 35.3 Å². The quantitative estimate of drug-likeness (QED) is 0.307. The van der Waals surface area contributed by atoms with Crippen LogP contribution in [0, 0.1) is 0 Å². The van der Waals surface area contributed by atoms with Crippen molar-refractivity contribution in [3.8, 4) is 0 Å². The van der Waals surface area contributed by atoms with Crippen LogP contribution in [0.3, 0.4) is 0 Å². The molecule has 0 radical (unpaired) electrons. The summed E-state index contributed by atoms with van der Waals surface area (Å²) in [6.07, 6.45) is 5.76. The average molecular weight is 361 g/mol. The van der Waals surface area contributed by atoms with E-state index in [1.165, 1.54) is 12.8 Å². The van der Waals surface area contributed by atoms with Crippen LogP contribution in [0.1, 0.15) is 38.5 Å². The number of methoxy groups -OCH3 is 1. The highest BCUT2D eigenvalue weighted by molar-refractivity contribution is 5.80. The number of ether oxygens (including phenoxy) is 1. The van der Waals surface area contributed by atoms with Gasteiger partial charge in [-0.1, -0.05) is 31.0 Å². The van der Waals surface area contributed by atoms with Gasteiger partial charge in [-0.05, 0) is 31.4 Å². The van der Waals surface area contributed by atoms with Crippen LogP contribution in [0.5, 0.6) is 0 Å².